The molecule has 0 bridgehead atoms. The predicted octanol–water partition coefficient (Wildman–Crippen LogP) is 0.902. The molecule has 1 amide bonds. The van der Waals surface area contributed by atoms with Crippen molar-refractivity contribution in [1.29, 1.82) is 0 Å². The van der Waals surface area contributed by atoms with E-state index < -0.39 is 17.6 Å². The summed E-state index contributed by atoms with van der Waals surface area (Å²) < 4.78 is 5.99. The Hall–Kier alpha value is -2.83. The first-order valence-corrected chi connectivity index (χ1v) is 6.83. The van der Waals surface area contributed by atoms with E-state index in [0.717, 1.165) is 5.56 Å². The monoisotopic (exact) mass is 301 g/mol. The normalized spacial score (nSPS) is 16.8. The number of fused-ring (bicyclic) bond motifs is 1. The number of hydrogen-bond acceptors (Lipinski definition) is 5. The first kappa shape index (κ1) is 14.1. The van der Waals surface area contributed by atoms with E-state index in [2.05, 4.69) is 15.2 Å². The third-order valence-electron chi connectivity index (χ3n) is 3.64. The van der Waals surface area contributed by atoms with Crippen LogP contribution in [0.1, 0.15) is 32.6 Å². The molecule has 0 saturated carbocycles. The van der Waals surface area contributed by atoms with Crippen LogP contribution in [0.3, 0.4) is 0 Å². The molecule has 3 rings (SSSR count). The van der Waals surface area contributed by atoms with Crippen LogP contribution < -0.4 is 5.32 Å². The molecule has 1 aliphatic heterocycles. The fraction of sp³-hybridized carbons (Fsp3) is 0.267. The lowest BCUT2D eigenvalue weighted by atomic mass is 10.0. The van der Waals surface area contributed by atoms with Crippen molar-refractivity contribution in [2.45, 2.75) is 12.5 Å². The lowest BCUT2D eigenvalue weighted by Gasteiger charge is -2.24. The van der Waals surface area contributed by atoms with Crippen LogP contribution in [0.2, 0.25) is 0 Å². The summed E-state index contributed by atoms with van der Waals surface area (Å²) in [5.74, 6) is -1.67. The molecule has 0 aliphatic carbocycles. The van der Waals surface area contributed by atoms with Crippen molar-refractivity contribution in [1.82, 2.24) is 15.1 Å². The van der Waals surface area contributed by atoms with Crippen LogP contribution in [0.15, 0.2) is 30.3 Å². The van der Waals surface area contributed by atoms with E-state index in [1.807, 2.05) is 30.3 Å². The molecule has 114 valence electrons. The largest absolute Gasteiger partial charge is 0.503 e. The molecule has 7 nitrogen and oxygen atoms in total. The van der Waals surface area contributed by atoms with Crippen molar-refractivity contribution in [3.05, 3.63) is 47.3 Å². The van der Waals surface area contributed by atoms with Crippen molar-refractivity contribution in [3.8, 4) is 5.75 Å². The zero-order valence-corrected chi connectivity index (χ0v) is 11.9. The molecule has 7 heteroatoms. The lowest BCUT2D eigenvalue weighted by Crippen LogP contribution is -2.40. The number of carbonyl (C=O) groups excluding carboxylic acids is 2. The van der Waals surface area contributed by atoms with Gasteiger partial charge in [-0.2, -0.15) is 5.10 Å². The van der Waals surface area contributed by atoms with E-state index in [1.54, 1.807) is 0 Å². The van der Waals surface area contributed by atoms with E-state index in [0.29, 0.717) is 13.0 Å². The Bertz CT molecular complexity index is 724. The minimum Gasteiger partial charge on any atom is -0.503 e. The Morgan fingerprint density at radius 3 is 2.86 bits per heavy atom. The Morgan fingerprint density at radius 2 is 2.18 bits per heavy atom. The van der Waals surface area contributed by atoms with Crippen molar-refractivity contribution in [2.75, 3.05) is 13.7 Å². The van der Waals surface area contributed by atoms with Gasteiger partial charge in [-0.25, -0.2) is 4.79 Å². The summed E-state index contributed by atoms with van der Waals surface area (Å²) in [7, 11) is 1.20. The zero-order valence-electron chi connectivity index (χ0n) is 11.9. The molecule has 1 atom stereocenters. The van der Waals surface area contributed by atoms with Gasteiger partial charge in [0.15, 0.2) is 11.4 Å². The number of carbonyl (C=O) groups is 2. The van der Waals surface area contributed by atoms with Crippen LogP contribution in [0, 0.1) is 0 Å². The van der Waals surface area contributed by atoms with Gasteiger partial charge in [-0.3, -0.25) is 9.48 Å². The summed E-state index contributed by atoms with van der Waals surface area (Å²) in [5.41, 5.74) is 0.824. The molecule has 1 aromatic heterocycles. The summed E-state index contributed by atoms with van der Waals surface area (Å²) in [6.07, 6.45) is 0.621. The second kappa shape index (κ2) is 5.51. The van der Waals surface area contributed by atoms with Gasteiger partial charge in [-0.15, -0.1) is 0 Å². The van der Waals surface area contributed by atoms with E-state index >= 15 is 0 Å². The fourth-order valence-electron chi connectivity index (χ4n) is 2.56. The highest BCUT2D eigenvalue weighted by Gasteiger charge is 2.34. The Morgan fingerprint density at radius 1 is 1.45 bits per heavy atom. The Kier molecular flexibility index (Phi) is 3.54. The number of amides is 1. The van der Waals surface area contributed by atoms with Crippen molar-refractivity contribution >= 4 is 11.9 Å². The van der Waals surface area contributed by atoms with Gasteiger partial charge in [0.2, 0.25) is 5.69 Å². The quantitative estimate of drug-likeness (QED) is 0.822. The van der Waals surface area contributed by atoms with Crippen molar-refractivity contribution in [3.63, 3.8) is 0 Å². The second-order valence-electron chi connectivity index (χ2n) is 5.04. The molecular formula is C15H15N3O4. The minimum atomic E-state index is -0.773. The van der Waals surface area contributed by atoms with Crippen LogP contribution in [0.25, 0.3) is 0 Å². The molecule has 0 radical (unpaired) electrons. The van der Waals surface area contributed by atoms with Gasteiger partial charge >= 0.3 is 5.97 Å². The maximum atomic E-state index is 11.9. The maximum Gasteiger partial charge on any atom is 0.362 e. The van der Waals surface area contributed by atoms with Crippen molar-refractivity contribution in [2.24, 2.45) is 0 Å². The van der Waals surface area contributed by atoms with Gasteiger partial charge < -0.3 is 15.2 Å². The Balaban J connectivity index is 1.99. The lowest BCUT2D eigenvalue weighted by molar-refractivity contribution is 0.0589. The van der Waals surface area contributed by atoms with Crippen LogP contribution in [-0.2, 0) is 11.2 Å². The second-order valence-corrected chi connectivity index (χ2v) is 5.04. The highest BCUT2D eigenvalue weighted by Crippen LogP contribution is 2.29. The molecule has 2 heterocycles. The summed E-state index contributed by atoms with van der Waals surface area (Å²) in [6.45, 7) is 0.377. The molecule has 22 heavy (non-hydrogen) atoms. The zero-order chi connectivity index (χ0) is 15.7. The van der Waals surface area contributed by atoms with Gasteiger partial charge in [0.25, 0.3) is 5.91 Å². The summed E-state index contributed by atoms with van der Waals surface area (Å²) in [6, 6.07) is 9.55. The topological polar surface area (TPSA) is 93.4 Å². The average molecular weight is 301 g/mol. The van der Waals surface area contributed by atoms with Gasteiger partial charge in [-0.05, 0) is 12.0 Å². The first-order valence-electron chi connectivity index (χ1n) is 6.83. The van der Waals surface area contributed by atoms with E-state index in [1.165, 1.54) is 11.8 Å². The number of nitrogens with zero attached hydrogens (tertiary/aromatic N) is 2. The number of benzene rings is 1. The first-order chi connectivity index (χ1) is 10.6. The number of aromatic nitrogens is 2. The summed E-state index contributed by atoms with van der Waals surface area (Å²) in [5, 5.41) is 16.9. The molecule has 0 spiro atoms. The number of nitrogens with one attached hydrogen (secondary N) is 1. The third kappa shape index (κ3) is 2.30. The highest BCUT2D eigenvalue weighted by molar-refractivity contribution is 6.00. The maximum absolute atomic E-state index is 11.9. The van der Waals surface area contributed by atoms with Crippen LogP contribution in [0.4, 0.5) is 0 Å². The smallest absolute Gasteiger partial charge is 0.362 e. The van der Waals surface area contributed by atoms with Gasteiger partial charge in [0, 0.05) is 6.54 Å². The number of hydrogen-bond donors (Lipinski definition) is 2. The molecule has 0 saturated heterocycles. The average Bonchev–Trinajstić information content (AvgIpc) is 2.89. The number of ether oxygens (including phenoxy) is 1. The molecule has 1 aromatic carbocycles. The molecule has 2 aromatic rings. The van der Waals surface area contributed by atoms with Crippen LogP contribution >= 0.6 is 0 Å². The molecule has 1 aliphatic rings. The standard InChI is InChI=1S/C15H15N3O4/c1-22-15(21)11-13(19)12-14(20)16-8-10(18(12)17-11)7-9-5-3-2-4-6-9/h2-6,10,19H,7-8H2,1H3,(H,16,20). The van der Waals surface area contributed by atoms with Gasteiger partial charge in [-0.1, -0.05) is 30.3 Å². The van der Waals surface area contributed by atoms with Gasteiger partial charge in [0.05, 0.1) is 13.2 Å². The minimum absolute atomic E-state index is 0.00687. The van der Waals surface area contributed by atoms with E-state index in [-0.39, 0.29) is 17.4 Å². The fourth-order valence-corrected chi connectivity index (χ4v) is 2.56. The summed E-state index contributed by atoms with van der Waals surface area (Å²) >= 11 is 0. The van der Waals surface area contributed by atoms with Gasteiger partial charge in [0.1, 0.15) is 0 Å². The van der Waals surface area contributed by atoms with E-state index in [9.17, 15) is 14.7 Å². The molecule has 0 fully saturated rings. The van der Waals surface area contributed by atoms with Crippen LogP contribution in [-0.4, -0.2) is 40.4 Å². The SMILES string of the molecule is COC(=O)c1nn2c(c1O)C(=O)NCC2Cc1ccccc1. The Labute approximate surface area is 126 Å². The highest BCUT2D eigenvalue weighted by atomic mass is 16.5. The van der Waals surface area contributed by atoms with Crippen molar-refractivity contribution < 1.29 is 19.4 Å². The van der Waals surface area contributed by atoms with E-state index in [4.69, 9.17) is 0 Å². The molecule has 1 unspecified atom stereocenters. The molecular weight excluding hydrogens is 286 g/mol. The number of aromatic hydroxyl groups is 1. The predicted molar refractivity (Wildman–Crippen MR) is 76.7 cm³/mol. The third-order valence-corrected chi connectivity index (χ3v) is 3.64. The number of esters is 1. The summed E-state index contributed by atoms with van der Waals surface area (Å²) in [4.78, 5) is 23.6. The number of rotatable bonds is 3. The molecule has 2 N–H and O–H groups in total. The van der Waals surface area contributed by atoms with Crippen LogP contribution in [0.5, 0.6) is 5.75 Å². The number of methoxy groups -OCH3 is 1.